The quantitative estimate of drug-likeness (QED) is 0.718. The monoisotopic (exact) mass is 377 g/mol. The van der Waals surface area contributed by atoms with Gasteiger partial charge in [0.1, 0.15) is 11.5 Å². The molecule has 0 spiro atoms. The molecular formula is C24H27NO3. The number of fused-ring (bicyclic) bond motifs is 5. The van der Waals surface area contributed by atoms with Crippen molar-refractivity contribution in [3.63, 3.8) is 0 Å². The highest BCUT2D eigenvalue weighted by Crippen LogP contribution is 2.37. The molecule has 1 atom stereocenters. The average Bonchev–Trinajstić information content (AvgIpc) is 3.06. The minimum atomic E-state index is -0.568. The number of aliphatic hydroxyl groups is 1. The van der Waals surface area contributed by atoms with Gasteiger partial charge in [0.05, 0.1) is 6.10 Å². The van der Waals surface area contributed by atoms with Crippen molar-refractivity contribution in [1.29, 1.82) is 0 Å². The largest absolute Gasteiger partial charge is 0.507 e. The summed E-state index contributed by atoms with van der Waals surface area (Å²) < 4.78 is 6.08. The van der Waals surface area contributed by atoms with Gasteiger partial charge >= 0.3 is 0 Å². The number of aliphatic hydroxyl groups excluding tert-OH is 1. The number of hydrogen-bond donors (Lipinski definition) is 2. The van der Waals surface area contributed by atoms with Crippen LogP contribution in [0.3, 0.4) is 0 Å². The molecule has 146 valence electrons. The molecule has 1 aliphatic heterocycles. The van der Waals surface area contributed by atoms with Gasteiger partial charge in [-0.3, -0.25) is 4.90 Å². The average molecular weight is 377 g/mol. The Hall–Kier alpha value is -2.14. The summed E-state index contributed by atoms with van der Waals surface area (Å²) in [5, 5.41) is 22.9. The molecule has 1 saturated heterocycles. The summed E-state index contributed by atoms with van der Waals surface area (Å²) in [6.45, 7) is 3.75. The number of methoxy groups -OCH3 is 1. The summed E-state index contributed by atoms with van der Waals surface area (Å²) >= 11 is 0. The molecule has 4 heteroatoms. The predicted octanol–water partition coefficient (Wildman–Crippen LogP) is 2.12. The maximum Gasteiger partial charge on any atom is 0.145 e. The van der Waals surface area contributed by atoms with Crippen LogP contribution in [-0.4, -0.2) is 47.1 Å². The van der Waals surface area contributed by atoms with E-state index in [2.05, 4.69) is 42.2 Å². The summed E-state index contributed by atoms with van der Waals surface area (Å²) in [5.74, 6) is 0.332. The highest BCUT2D eigenvalue weighted by atomic mass is 16.5. The van der Waals surface area contributed by atoms with Crippen molar-refractivity contribution in [1.82, 2.24) is 4.90 Å². The molecule has 0 radical (unpaired) electrons. The molecule has 3 aliphatic rings. The molecule has 1 fully saturated rings. The van der Waals surface area contributed by atoms with E-state index < -0.39 is 5.72 Å². The fraction of sp³-hybridized carbons (Fsp3) is 0.417. The number of ether oxygens (including phenoxy) is 1. The number of likely N-dealkylation sites (tertiary alicyclic amines) is 1. The maximum absolute atomic E-state index is 10.9. The summed E-state index contributed by atoms with van der Waals surface area (Å²) in [5.41, 5.74) is 5.77. The number of hydrogen-bond acceptors (Lipinski definition) is 4. The van der Waals surface area contributed by atoms with Crippen molar-refractivity contribution in [2.75, 3.05) is 20.2 Å². The van der Waals surface area contributed by atoms with Crippen molar-refractivity contribution in [2.24, 2.45) is 0 Å². The number of aromatic hydroxyl groups is 1. The second kappa shape index (κ2) is 6.45. The number of nitrogens with zero attached hydrogens (tertiary/aromatic N) is 1. The lowest BCUT2D eigenvalue weighted by molar-refractivity contribution is -0.102. The number of phenolic OH excluding ortho intramolecular Hbond substituents is 1. The van der Waals surface area contributed by atoms with E-state index >= 15 is 0 Å². The SMILES string of the molecule is COC1(N2CCC(O)CC2)C=c2c(O)cc3c(c2=C(C)C1)-c1ccccc1C3. The molecule has 0 aromatic heterocycles. The van der Waals surface area contributed by atoms with Crippen LogP contribution in [0.4, 0.5) is 0 Å². The lowest BCUT2D eigenvalue weighted by Gasteiger charge is -2.45. The zero-order valence-corrected chi connectivity index (χ0v) is 16.5. The van der Waals surface area contributed by atoms with Crippen molar-refractivity contribution >= 4 is 11.6 Å². The zero-order chi connectivity index (χ0) is 19.5. The number of phenols is 1. The third-order valence-corrected chi connectivity index (χ3v) is 6.76. The van der Waals surface area contributed by atoms with Crippen molar-refractivity contribution < 1.29 is 14.9 Å². The van der Waals surface area contributed by atoms with Gasteiger partial charge in [-0.2, -0.15) is 0 Å². The van der Waals surface area contributed by atoms with Crippen molar-refractivity contribution in [3.8, 4) is 16.9 Å². The van der Waals surface area contributed by atoms with Gasteiger partial charge in [-0.1, -0.05) is 29.8 Å². The van der Waals surface area contributed by atoms with Crippen LogP contribution in [-0.2, 0) is 11.2 Å². The Morgan fingerprint density at radius 3 is 2.64 bits per heavy atom. The normalized spacial score (nSPS) is 24.5. The van der Waals surface area contributed by atoms with Gasteiger partial charge in [0.15, 0.2) is 0 Å². The Kier molecular flexibility index (Phi) is 4.13. The van der Waals surface area contributed by atoms with Gasteiger partial charge in [-0.05, 0) is 65.8 Å². The molecule has 28 heavy (non-hydrogen) atoms. The van der Waals surface area contributed by atoms with Crippen molar-refractivity contribution in [3.05, 3.63) is 51.9 Å². The molecule has 4 nitrogen and oxygen atoms in total. The van der Waals surface area contributed by atoms with Gasteiger partial charge < -0.3 is 14.9 Å². The smallest absolute Gasteiger partial charge is 0.145 e. The van der Waals surface area contributed by atoms with E-state index in [-0.39, 0.29) is 6.10 Å². The third-order valence-electron chi connectivity index (χ3n) is 6.76. The lowest BCUT2D eigenvalue weighted by Crippen LogP contribution is -2.56. The standard InChI is InChI=1S/C24H27NO3/c1-15-13-24(28-2,25-9-7-18(26)8-10-25)14-20-21(27)12-17-11-16-5-3-4-6-19(16)23(17)22(15)20/h3-6,12,14,18,26-27H,7-11,13H2,1-2H3. The lowest BCUT2D eigenvalue weighted by atomic mass is 9.87. The van der Waals surface area contributed by atoms with E-state index in [1.165, 1.54) is 33.0 Å². The highest BCUT2D eigenvalue weighted by molar-refractivity contribution is 5.81. The molecule has 5 rings (SSSR count). The number of rotatable bonds is 2. The Labute approximate surface area is 165 Å². The number of piperidine rings is 1. The maximum atomic E-state index is 10.9. The van der Waals surface area contributed by atoms with Crippen LogP contribution in [0.5, 0.6) is 5.75 Å². The first kappa shape index (κ1) is 17.9. The number of benzene rings is 2. The van der Waals surface area contributed by atoms with Gasteiger partial charge in [0.25, 0.3) is 0 Å². The summed E-state index contributed by atoms with van der Waals surface area (Å²) in [6, 6.07) is 10.5. The van der Waals surface area contributed by atoms with E-state index in [9.17, 15) is 10.2 Å². The van der Waals surface area contributed by atoms with E-state index in [0.29, 0.717) is 5.75 Å². The Bertz CT molecular complexity index is 1070. The van der Waals surface area contributed by atoms with Crippen LogP contribution in [0, 0.1) is 0 Å². The Morgan fingerprint density at radius 2 is 1.89 bits per heavy atom. The van der Waals surface area contributed by atoms with Crippen LogP contribution in [0.15, 0.2) is 30.3 Å². The Balaban J connectivity index is 1.73. The molecule has 0 amide bonds. The van der Waals surface area contributed by atoms with Gasteiger partial charge in [0.2, 0.25) is 0 Å². The highest BCUT2D eigenvalue weighted by Gasteiger charge is 2.39. The molecule has 0 saturated carbocycles. The molecular weight excluding hydrogens is 350 g/mol. The van der Waals surface area contributed by atoms with Crippen LogP contribution in [0.2, 0.25) is 0 Å². The van der Waals surface area contributed by atoms with Crippen LogP contribution < -0.4 is 10.4 Å². The predicted molar refractivity (Wildman–Crippen MR) is 110 cm³/mol. The second-order valence-electron chi connectivity index (χ2n) is 8.42. The first-order valence-corrected chi connectivity index (χ1v) is 10.2. The molecule has 2 aliphatic carbocycles. The van der Waals surface area contributed by atoms with E-state index in [4.69, 9.17) is 4.74 Å². The third kappa shape index (κ3) is 2.55. The van der Waals surface area contributed by atoms with Crippen LogP contribution in [0.25, 0.3) is 22.8 Å². The Morgan fingerprint density at radius 1 is 1.14 bits per heavy atom. The van der Waals surface area contributed by atoms with Gasteiger partial charge in [-0.25, -0.2) is 0 Å². The summed E-state index contributed by atoms with van der Waals surface area (Å²) in [6.07, 6.45) is 5.05. The molecule has 1 unspecified atom stereocenters. The molecule has 1 heterocycles. The molecule has 2 aromatic carbocycles. The topological polar surface area (TPSA) is 52.9 Å². The van der Waals surface area contributed by atoms with Crippen molar-refractivity contribution in [2.45, 2.75) is 44.4 Å². The summed E-state index contributed by atoms with van der Waals surface area (Å²) in [4.78, 5) is 2.31. The van der Waals surface area contributed by atoms with Crippen LogP contribution in [0.1, 0.15) is 37.3 Å². The first-order valence-electron chi connectivity index (χ1n) is 10.2. The fourth-order valence-corrected chi connectivity index (χ4v) is 5.35. The van der Waals surface area contributed by atoms with E-state index in [1.807, 2.05) is 6.07 Å². The van der Waals surface area contributed by atoms with Gasteiger partial charge in [0, 0.05) is 31.8 Å². The zero-order valence-electron chi connectivity index (χ0n) is 16.5. The second-order valence-corrected chi connectivity index (χ2v) is 8.42. The molecule has 2 aromatic rings. The molecule has 0 bridgehead atoms. The van der Waals surface area contributed by atoms with E-state index in [1.54, 1.807) is 7.11 Å². The minimum absolute atomic E-state index is 0.223. The van der Waals surface area contributed by atoms with Gasteiger partial charge in [-0.15, -0.1) is 0 Å². The fourth-order valence-electron chi connectivity index (χ4n) is 5.35. The first-order chi connectivity index (χ1) is 13.5. The summed E-state index contributed by atoms with van der Waals surface area (Å²) in [7, 11) is 1.75. The molecule has 2 N–H and O–H groups in total. The minimum Gasteiger partial charge on any atom is -0.507 e. The van der Waals surface area contributed by atoms with Crippen LogP contribution >= 0.6 is 0 Å². The van der Waals surface area contributed by atoms with E-state index in [0.717, 1.165) is 44.0 Å².